The van der Waals surface area contributed by atoms with Gasteiger partial charge in [0, 0.05) is 18.2 Å². The van der Waals surface area contributed by atoms with Crippen LogP contribution >= 0.6 is 0 Å². The molecule has 0 unspecified atom stereocenters. The third-order valence-electron chi connectivity index (χ3n) is 2.39. The van der Waals surface area contributed by atoms with Gasteiger partial charge in [-0.15, -0.1) is 10.2 Å². The molecule has 0 spiro atoms. The van der Waals surface area contributed by atoms with Crippen LogP contribution in [0.25, 0.3) is 11.4 Å². The molecule has 0 amide bonds. The van der Waals surface area contributed by atoms with Crippen molar-refractivity contribution in [1.82, 2.24) is 20.2 Å². The number of ether oxygens (including phenoxy) is 2. The summed E-state index contributed by atoms with van der Waals surface area (Å²) in [5, 5.41) is 12.1. The van der Waals surface area contributed by atoms with Gasteiger partial charge in [-0.3, -0.25) is 0 Å². The molecule has 0 aliphatic heterocycles. The highest BCUT2D eigenvalue weighted by Crippen LogP contribution is 2.27. The molecule has 1 heterocycles. The Morgan fingerprint density at radius 3 is 2.39 bits per heavy atom. The Kier molecular flexibility index (Phi) is 3.73. The molecule has 18 heavy (non-hydrogen) atoms. The van der Waals surface area contributed by atoms with Crippen LogP contribution in [0.5, 0.6) is 11.5 Å². The highest BCUT2D eigenvalue weighted by molar-refractivity contribution is 5.60. The first-order valence-corrected chi connectivity index (χ1v) is 5.48. The monoisotopic (exact) mass is 249 g/mol. The third kappa shape index (κ3) is 2.57. The van der Waals surface area contributed by atoms with Crippen molar-refractivity contribution in [2.45, 2.75) is 6.54 Å². The van der Waals surface area contributed by atoms with Crippen molar-refractivity contribution >= 4 is 0 Å². The summed E-state index contributed by atoms with van der Waals surface area (Å²) in [6.07, 6.45) is 0. The summed E-state index contributed by atoms with van der Waals surface area (Å²) >= 11 is 0. The van der Waals surface area contributed by atoms with Crippen LogP contribution in [-0.4, -0.2) is 41.0 Å². The molecule has 2 rings (SSSR count). The Bertz CT molecular complexity index is 504. The summed E-state index contributed by atoms with van der Waals surface area (Å²) in [4.78, 5) is 1.46. The average molecular weight is 249 g/mol. The number of rotatable bonds is 5. The van der Waals surface area contributed by atoms with Crippen molar-refractivity contribution in [2.75, 3.05) is 20.8 Å². The van der Waals surface area contributed by atoms with E-state index < -0.39 is 0 Å². The number of nitrogens with two attached hydrogens (primary N) is 1. The molecule has 1 aromatic carbocycles. The molecule has 7 heteroatoms. The maximum absolute atomic E-state index is 5.43. The second-order valence-corrected chi connectivity index (χ2v) is 3.60. The van der Waals surface area contributed by atoms with E-state index in [2.05, 4.69) is 15.4 Å². The molecule has 7 nitrogen and oxygen atoms in total. The van der Waals surface area contributed by atoms with Gasteiger partial charge in [0.25, 0.3) is 0 Å². The smallest absolute Gasteiger partial charge is 0.205 e. The number of hydrogen-bond donors (Lipinski definition) is 1. The second-order valence-electron chi connectivity index (χ2n) is 3.60. The molecule has 0 radical (unpaired) electrons. The van der Waals surface area contributed by atoms with Crippen LogP contribution in [-0.2, 0) is 6.54 Å². The predicted molar refractivity (Wildman–Crippen MR) is 65.4 cm³/mol. The van der Waals surface area contributed by atoms with Gasteiger partial charge in [0.15, 0.2) is 0 Å². The van der Waals surface area contributed by atoms with E-state index in [9.17, 15) is 0 Å². The molecule has 0 saturated carbocycles. The zero-order valence-electron chi connectivity index (χ0n) is 10.3. The third-order valence-corrected chi connectivity index (χ3v) is 2.39. The van der Waals surface area contributed by atoms with E-state index >= 15 is 0 Å². The number of benzene rings is 1. The van der Waals surface area contributed by atoms with Crippen molar-refractivity contribution in [3.05, 3.63) is 18.2 Å². The van der Waals surface area contributed by atoms with E-state index in [4.69, 9.17) is 15.2 Å². The van der Waals surface area contributed by atoms with Crippen molar-refractivity contribution in [3.8, 4) is 22.9 Å². The zero-order valence-corrected chi connectivity index (χ0v) is 10.3. The van der Waals surface area contributed by atoms with Crippen LogP contribution in [0, 0.1) is 0 Å². The van der Waals surface area contributed by atoms with Crippen LogP contribution in [0.15, 0.2) is 18.2 Å². The number of hydrogen-bond acceptors (Lipinski definition) is 6. The van der Waals surface area contributed by atoms with E-state index in [1.807, 2.05) is 12.1 Å². The molecule has 0 aliphatic carbocycles. The minimum Gasteiger partial charge on any atom is -0.497 e. The summed E-state index contributed by atoms with van der Waals surface area (Å²) in [7, 11) is 3.19. The van der Waals surface area contributed by atoms with Crippen LogP contribution in [0.1, 0.15) is 0 Å². The first-order valence-electron chi connectivity index (χ1n) is 5.48. The lowest BCUT2D eigenvalue weighted by molar-refractivity contribution is 0.394. The first-order chi connectivity index (χ1) is 8.76. The van der Waals surface area contributed by atoms with Gasteiger partial charge in [-0.1, -0.05) is 0 Å². The van der Waals surface area contributed by atoms with Crippen molar-refractivity contribution in [3.63, 3.8) is 0 Å². The summed E-state index contributed by atoms with van der Waals surface area (Å²) in [6.45, 7) is 1.01. The average Bonchev–Trinajstić information content (AvgIpc) is 2.87. The molecular weight excluding hydrogens is 234 g/mol. The van der Waals surface area contributed by atoms with Crippen LogP contribution in [0.4, 0.5) is 0 Å². The quantitative estimate of drug-likeness (QED) is 0.820. The van der Waals surface area contributed by atoms with Crippen LogP contribution in [0.3, 0.4) is 0 Å². The van der Waals surface area contributed by atoms with Crippen molar-refractivity contribution in [2.24, 2.45) is 5.73 Å². The molecule has 0 aliphatic rings. The molecule has 0 atom stereocenters. The summed E-state index contributed by atoms with van der Waals surface area (Å²) in [6, 6.07) is 5.44. The molecule has 2 aromatic rings. The normalized spacial score (nSPS) is 10.4. The highest BCUT2D eigenvalue weighted by Gasteiger charge is 2.09. The van der Waals surface area contributed by atoms with Gasteiger partial charge < -0.3 is 15.2 Å². The number of nitrogens with zero attached hydrogens (tertiary/aromatic N) is 4. The van der Waals surface area contributed by atoms with E-state index in [0.717, 1.165) is 5.56 Å². The fraction of sp³-hybridized carbons (Fsp3) is 0.364. The molecular formula is C11H15N5O2. The topological polar surface area (TPSA) is 88.1 Å². The first kappa shape index (κ1) is 12.3. The Hall–Kier alpha value is -2.15. The summed E-state index contributed by atoms with van der Waals surface area (Å²) in [5.74, 6) is 1.87. The zero-order chi connectivity index (χ0) is 13.0. The van der Waals surface area contributed by atoms with Crippen molar-refractivity contribution < 1.29 is 9.47 Å². The predicted octanol–water partition coefficient (Wildman–Crippen LogP) is 0.316. The molecule has 1 aromatic heterocycles. The minimum absolute atomic E-state index is 0.469. The summed E-state index contributed by atoms with van der Waals surface area (Å²) < 4.78 is 10.4. The molecule has 2 N–H and O–H groups in total. The van der Waals surface area contributed by atoms with Crippen LogP contribution in [0.2, 0.25) is 0 Å². The maximum Gasteiger partial charge on any atom is 0.205 e. The van der Waals surface area contributed by atoms with Gasteiger partial charge in [0.1, 0.15) is 11.5 Å². The van der Waals surface area contributed by atoms with E-state index in [1.54, 1.807) is 20.3 Å². The Morgan fingerprint density at radius 1 is 1.17 bits per heavy atom. The lowest BCUT2D eigenvalue weighted by Gasteiger charge is -2.05. The molecule has 96 valence electrons. The van der Waals surface area contributed by atoms with Crippen molar-refractivity contribution in [1.29, 1.82) is 0 Å². The number of aromatic nitrogens is 4. The SMILES string of the molecule is COc1cc(OC)cc(-c2nnn(CCN)n2)c1. The fourth-order valence-electron chi connectivity index (χ4n) is 1.51. The molecule has 0 saturated heterocycles. The largest absolute Gasteiger partial charge is 0.497 e. The second kappa shape index (κ2) is 5.46. The van der Waals surface area contributed by atoms with E-state index in [-0.39, 0.29) is 0 Å². The van der Waals surface area contributed by atoms with Gasteiger partial charge in [-0.2, -0.15) is 4.80 Å². The van der Waals surface area contributed by atoms with Crippen LogP contribution < -0.4 is 15.2 Å². The maximum atomic E-state index is 5.43. The fourth-order valence-corrected chi connectivity index (χ4v) is 1.51. The van der Waals surface area contributed by atoms with Gasteiger partial charge in [-0.05, 0) is 17.3 Å². The van der Waals surface area contributed by atoms with E-state index in [0.29, 0.717) is 30.4 Å². The van der Waals surface area contributed by atoms with Gasteiger partial charge in [0.2, 0.25) is 5.82 Å². The Morgan fingerprint density at radius 2 is 1.83 bits per heavy atom. The van der Waals surface area contributed by atoms with Gasteiger partial charge >= 0.3 is 0 Å². The van der Waals surface area contributed by atoms with Gasteiger partial charge in [-0.25, -0.2) is 0 Å². The standard InChI is InChI=1S/C11H15N5O2/c1-17-9-5-8(6-10(7-9)18-2)11-13-15-16(14-11)4-3-12/h5-7H,3-4,12H2,1-2H3. The minimum atomic E-state index is 0.469. The highest BCUT2D eigenvalue weighted by atomic mass is 16.5. The molecule has 0 fully saturated rings. The lowest BCUT2D eigenvalue weighted by atomic mass is 10.2. The number of tetrazole rings is 1. The Balaban J connectivity index is 2.35. The number of methoxy groups -OCH3 is 2. The van der Waals surface area contributed by atoms with E-state index in [1.165, 1.54) is 4.80 Å². The Labute approximate surface area is 104 Å². The van der Waals surface area contributed by atoms with Gasteiger partial charge in [0.05, 0.1) is 20.8 Å². The lowest BCUT2D eigenvalue weighted by Crippen LogP contribution is -2.12. The molecule has 0 bridgehead atoms. The summed E-state index contributed by atoms with van der Waals surface area (Å²) in [5.41, 5.74) is 6.22.